The minimum absolute atomic E-state index is 0.0417. The molecule has 0 aromatic carbocycles. The molecule has 0 aliphatic heterocycles. The quantitative estimate of drug-likeness (QED) is 0.195. The van der Waals surface area contributed by atoms with Crippen LogP contribution in [0.5, 0.6) is 0 Å². The SMILES string of the molecule is C=C(CO)C(N)=O.NN. The number of nitrogens with two attached hydrogens (primary N) is 3. The first-order valence-corrected chi connectivity index (χ1v) is 2.10. The van der Waals surface area contributed by atoms with Crippen LogP contribution in [0.15, 0.2) is 12.2 Å². The zero-order valence-corrected chi connectivity index (χ0v) is 5.00. The van der Waals surface area contributed by atoms with Crippen LogP contribution >= 0.6 is 0 Å². The van der Waals surface area contributed by atoms with E-state index in [1.165, 1.54) is 0 Å². The number of primary amides is 1. The lowest BCUT2D eigenvalue weighted by Gasteiger charge is -1.88. The van der Waals surface area contributed by atoms with Crippen LogP contribution in [0.25, 0.3) is 0 Å². The number of aliphatic hydroxyl groups excluding tert-OH is 1. The van der Waals surface area contributed by atoms with Gasteiger partial charge in [0.25, 0.3) is 0 Å². The molecule has 0 aromatic heterocycles. The lowest BCUT2D eigenvalue weighted by Crippen LogP contribution is -2.14. The maximum Gasteiger partial charge on any atom is 0.246 e. The molecule has 0 aliphatic carbocycles. The molecule has 0 heterocycles. The van der Waals surface area contributed by atoms with Crippen LogP contribution in [0.2, 0.25) is 0 Å². The maximum absolute atomic E-state index is 9.89. The van der Waals surface area contributed by atoms with Crippen molar-refractivity contribution in [1.82, 2.24) is 0 Å². The molecule has 0 aliphatic rings. The largest absolute Gasteiger partial charge is 0.391 e. The Kier molecular flexibility index (Phi) is 8.64. The van der Waals surface area contributed by atoms with Crippen molar-refractivity contribution in [1.29, 1.82) is 0 Å². The molecular formula is C4H11N3O2. The van der Waals surface area contributed by atoms with Gasteiger partial charge in [0, 0.05) is 5.57 Å². The van der Waals surface area contributed by atoms with Gasteiger partial charge in [-0.1, -0.05) is 6.58 Å². The predicted molar refractivity (Wildman–Crippen MR) is 33.8 cm³/mol. The van der Waals surface area contributed by atoms with Gasteiger partial charge in [-0.05, 0) is 0 Å². The molecule has 0 aromatic rings. The van der Waals surface area contributed by atoms with E-state index >= 15 is 0 Å². The van der Waals surface area contributed by atoms with Crippen LogP contribution in [0.4, 0.5) is 0 Å². The fourth-order valence-electron chi connectivity index (χ4n) is 0.0779. The van der Waals surface area contributed by atoms with Crippen molar-refractivity contribution in [2.24, 2.45) is 17.4 Å². The van der Waals surface area contributed by atoms with Gasteiger partial charge in [0.2, 0.25) is 5.91 Å². The Balaban J connectivity index is 0. The third-order valence-corrected chi connectivity index (χ3v) is 0.539. The molecule has 54 valence electrons. The number of aliphatic hydroxyl groups is 1. The average Bonchev–Trinajstić information content (AvgIpc) is 1.91. The molecule has 0 saturated carbocycles. The molecule has 0 radical (unpaired) electrons. The molecule has 7 N–H and O–H groups in total. The summed E-state index contributed by atoms with van der Waals surface area (Å²) in [7, 11) is 0. The van der Waals surface area contributed by atoms with E-state index in [1.807, 2.05) is 0 Å². The summed E-state index contributed by atoms with van der Waals surface area (Å²) >= 11 is 0. The molecule has 1 amide bonds. The van der Waals surface area contributed by atoms with Crippen molar-refractivity contribution in [3.05, 3.63) is 12.2 Å². The summed E-state index contributed by atoms with van der Waals surface area (Å²) in [6, 6.07) is 0. The van der Waals surface area contributed by atoms with E-state index in [9.17, 15) is 4.79 Å². The van der Waals surface area contributed by atoms with Gasteiger partial charge in [-0.3, -0.25) is 16.5 Å². The Bertz CT molecular complexity index is 102. The molecule has 0 bridgehead atoms. The molecule has 0 fully saturated rings. The number of hydrazine groups is 1. The van der Waals surface area contributed by atoms with Crippen LogP contribution in [-0.2, 0) is 4.79 Å². The third kappa shape index (κ3) is 7.09. The average molecular weight is 133 g/mol. The van der Waals surface area contributed by atoms with Gasteiger partial charge in [0.05, 0.1) is 6.61 Å². The smallest absolute Gasteiger partial charge is 0.246 e. The lowest BCUT2D eigenvalue weighted by molar-refractivity contribution is -0.114. The molecule has 5 heteroatoms. The monoisotopic (exact) mass is 133 g/mol. The fraction of sp³-hybridized carbons (Fsp3) is 0.250. The number of hydrogen-bond acceptors (Lipinski definition) is 4. The second-order valence-corrected chi connectivity index (χ2v) is 1.13. The van der Waals surface area contributed by atoms with E-state index in [-0.39, 0.29) is 12.2 Å². The zero-order chi connectivity index (χ0) is 7.86. The van der Waals surface area contributed by atoms with E-state index in [1.54, 1.807) is 0 Å². The number of amides is 1. The molecule has 9 heavy (non-hydrogen) atoms. The fourth-order valence-corrected chi connectivity index (χ4v) is 0.0779. The van der Waals surface area contributed by atoms with Crippen molar-refractivity contribution in [3.8, 4) is 0 Å². The van der Waals surface area contributed by atoms with E-state index in [0.29, 0.717) is 0 Å². The normalized spacial score (nSPS) is 7.00. The van der Waals surface area contributed by atoms with E-state index in [2.05, 4.69) is 24.0 Å². The van der Waals surface area contributed by atoms with Crippen LogP contribution in [0, 0.1) is 0 Å². The molecule has 0 rings (SSSR count). The summed E-state index contributed by atoms with van der Waals surface area (Å²) < 4.78 is 0. The molecule has 0 spiro atoms. The Morgan fingerprint density at radius 2 is 1.89 bits per heavy atom. The summed E-state index contributed by atoms with van der Waals surface area (Å²) in [5.41, 5.74) is 4.69. The van der Waals surface area contributed by atoms with Gasteiger partial charge >= 0.3 is 0 Å². The summed E-state index contributed by atoms with van der Waals surface area (Å²) in [5.74, 6) is 7.35. The van der Waals surface area contributed by atoms with Crippen LogP contribution in [0.1, 0.15) is 0 Å². The standard InChI is InChI=1S/C4H7NO2.H4N2/c1-3(2-6)4(5)7;1-2/h6H,1-2H2,(H2,5,7);1-2H2. The first-order chi connectivity index (χ1) is 4.18. The zero-order valence-electron chi connectivity index (χ0n) is 5.00. The van der Waals surface area contributed by atoms with Crippen molar-refractivity contribution < 1.29 is 9.90 Å². The van der Waals surface area contributed by atoms with E-state index in [4.69, 9.17) is 5.11 Å². The summed E-state index contributed by atoms with van der Waals surface area (Å²) in [6.45, 7) is 2.80. The molecular weight excluding hydrogens is 122 g/mol. The van der Waals surface area contributed by atoms with Crippen molar-refractivity contribution in [2.75, 3.05) is 6.61 Å². The van der Waals surface area contributed by atoms with Crippen molar-refractivity contribution >= 4 is 5.91 Å². The van der Waals surface area contributed by atoms with Crippen LogP contribution in [-0.4, -0.2) is 17.6 Å². The molecule has 0 atom stereocenters. The first kappa shape index (κ1) is 11.0. The number of rotatable bonds is 2. The number of carbonyl (C=O) groups is 1. The van der Waals surface area contributed by atoms with E-state index < -0.39 is 5.91 Å². The highest BCUT2D eigenvalue weighted by Gasteiger charge is 1.94. The number of hydrogen-bond donors (Lipinski definition) is 4. The second kappa shape index (κ2) is 7.09. The summed E-state index contributed by atoms with van der Waals surface area (Å²) in [6.07, 6.45) is 0. The van der Waals surface area contributed by atoms with Crippen LogP contribution < -0.4 is 17.4 Å². The van der Waals surface area contributed by atoms with Crippen LogP contribution in [0.3, 0.4) is 0 Å². The van der Waals surface area contributed by atoms with Gasteiger partial charge < -0.3 is 10.8 Å². The minimum atomic E-state index is -0.650. The molecule has 5 nitrogen and oxygen atoms in total. The highest BCUT2D eigenvalue weighted by molar-refractivity contribution is 5.91. The van der Waals surface area contributed by atoms with Gasteiger partial charge in [-0.2, -0.15) is 0 Å². The van der Waals surface area contributed by atoms with Gasteiger partial charge in [-0.25, -0.2) is 0 Å². The molecule has 0 unspecified atom stereocenters. The second-order valence-electron chi connectivity index (χ2n) is 1.13. The Morgan fingerprint density at radius 3 is 1.89 bits per heavy atom. The molecule has 0 saturated heterocycles. The minimum Gasteiger partial charge on any atom is -0.391 e. The summed E-state index contributed by atoms with van der Waals surface area (Å²) in [5, 5.41) is 8.10. The Morgan fingerprint density at radius 1 is 1.56 bits per heavy atom. The Labute approximate surface area is 53.1 Å². The van der Waals surface area contributed by atoms with Gasteiger partial charge in [0.1, 0.15) is 0 Å². The topological polar surface area (TPSA) is 115 Å². The third-order valence-electron chi connectivity index (χ3n) is 0.539. The first-order valence-electron chi connectivity index (χ1n) is 2.10. The van der Waals surface area contributed by atoms with Gasteiger partial charge in [0.15, 0.2) is 0 Å². The van der Waals surface area contributed by atoms with Gasteiger partial charge in [-0.15, -0.1) is 0 Å². The Hall–Kier alpha value is -0.910. The number of carbonyl (C=O) groups excluding carboxylic acids is 1. The highest BCUT2D eigenvalue weighted by Crippen LogP contribution is 1.80. The predicted octanol–water partition coefficient (Wildman–Crippen LogP) is -2.16. The lowest BCUT2D eigenvalue weighted by atomic mass is 10.3. The maximum atomic E-state index is 9.89. The summed E-state index contributed by atoms with van der Waals surface area (Å²) in [4.78, 5) is 9.89. The highest BCUT2D eigenvalue weighted by atomic mass is 16.3. The van der Waals surface area contributed by atoms with E-state index in [0.717, 1.165) is 0 Å². The van der Waals surface area contributed by atoms with Crippen molar-refractivity contribution in [3.63, 3.8) is 0 Å². The van der Waals surface area contributed by atoms with Crippen molar-refractivity contribution in [2.45, 2.75) is 0 Å².